The molecule has 0 saturated carbocycles. The summed E-state index contributed by atoms with van der Waals surface area (Å²) in [5.41, 5.74) is 3.22. The van der Waals surface area contributed by atoms with Crippen molar-refractivity contribution in [1.82, 2.24) is 24.5 Å². The quantitative estimate of drug-likeness (QED) is 0.474. The molecule has 1 fully saturated rings. The second kappa shape index (κ2) is 8.37. The average molecular weight is 451 g/mol. The van der Waals surface area contributed by atoms with Crippen molar-refractivity contribution in [3.63, 3.8) is 0 Å². The minimum absolute atomic E-state index is 0.0653. The van der Waals surface area contributed by atoms with Crippen molar-refractivity contribution < 1.29 is 9.53 Å². The maximum Gasteiger partial charge on any atom is 0.254 e. The van der Waals surface area contributed by atoms with E-state index in [-0.39, 0.29) is 5.91 Å². The Balaban J connectivity index is 1.49. The number of anilines is 1. The first-order chi connectivity index (χ1) is 15.6. The summed E-state index contributed by atoms with van der Waals surface area (Å²) in [6.45, 7) is 4.79. The Kier molecular flexibility index (Phi) is 5.40. The summed E-state index contributed by atoms with van der Waals surface area (Å²) in [4.78, 5) is 22.0. The number of ether oxygens (including phenoxy) is 1. The molecule has 0 N–H and O–H groups in total. The van der Waals surface area contributed by atoms with Gasteiger partial charge in [0.25, 0.3) is 5.91 Å². The Bertz CT molecular complexity index is 1310. The van der Waals surface area contributed by atoms with Gasteiger partial charge < -0.3 is 14.5 Å². The molecule has 1 aliphatic heterocycles. The number of amides is 1. The third kappa shape index (κ3) is 3.55. The number of rotatable bonds is 4. The fraction of sp³-hybridized carbons (Fsp3) is 0.304. The zero-order valence-electron chi connectivity index (χ0n) is 18.0. The van der Waals surface area contributed by atoms with Gasteiger partial charge in [0.15, 0.2) is 11.5 Å². The number of piperazine rings is 1. The summed E-state index contributed by atoms with van der Waals surface area (Å²) in [6.07, 6.45) is 0. The van der Waals surface area contributed by atoms with Crippen LogP contribution in [0.3, 0.4) is 0 Å². The maximum absolute atomic E-state index is 13.0. The van der Waals surface area contributed by atoms with Gasteiger partial charge in [-0.15, -0.1) is 10.2 Å². The molecule has 1 amide bonds. The largest absolute Gasteiger partial charge is 0.377 e. The van der Waals surface area contributed by atoms with E-state index >= 15 is 0 Å². The molecule has 0 aliphatic carbocycles. The van der Waals surface area contributed by atoms with E-state index in [1.807, 2.05) is 58.7 Å². The van der Waals surface area contributed by atoms with Gasteiger partial charge in [0.2, 0.25) is 5.95 Å². The minimum Gasteiger partial charge on any atom is -0.377 e. The summed E-state index contributed by atoms with van der Waals surface area (Å²) in [6, 6.07) is 13.3. The number of carbonyl (C=O) groups is 1. The predicted molar refractivity (Wildman–Crippen MR) is 123 cm³/mol. The number of aryl methyl sites for hydroxylation is 1. The highest BCUT2D eigenvalue weighted by Crippen LogP contribution is 2.27. The van der Waals surface area contributed by atoms with Gasteiger partial charge >= 0.3 is 0 Å². The van der Waals surface area contributed by atoms with Crippen LogP contribution in [0.2, 0.25) is 5.02 Å². The molecule has 0 spiro atoms. The van der Waals surface area contributed by atoms with Crippen LogP contribution < -0.4 is 4.90 Å². The SMILES string of the molecule is COCc1nnc2c3ccc(Cl)cc3nc(N3CCN(C(=O)c4ccccc4C)CC3)n12. The Morgan fingerprint density at radius 3 is 2.62 bits per heavy atom. The molecule has 5 rings (SSSR count). The molecule has 2 aromatic carbocycles. The van der Waals surface area contributed by atoms with Crippen molar-refractivity contribution in [1.29, 1.82) is 0 Å². The van der Waals surface area contributed by atoms with Crippen molar-refractivity contribution in [2.75, 3.05) is 38.2 Å². The minimum atomic E-state index is 0.0653. The maximum atomic E-state index is 13.0. The Labute approximate surface area is 190 Å². The van der Waals surface area contributed by atoms with Crippen LogP contribution in [0.1, 0.15) is 21.7 Å². The van der Waals surface area contributed by atoms with Crippen molar-refractivity contribution in [2.45, 2.75) is 13.5 Å². The van der Waals surface area contributed by atoms with E-state index < -0.39 is 0 Å². The number of aromatic nitrogens is 4. The summed E-state index contributed by atoms with van der Waals surface area (Å²) in [5, 5.41) is 10.2. The first kappa shape index (κ1) is 20.7. The number of methoxy groups -OCH3 is 1. The lowest BCUT2D eigenvalue weighted by molar-refractivity contribution is 0.0745. The second-order valence-electron chi connectivity index (χ2n) is 7.88. The lowest BCUT2D eigenvalue weighted by atomic mass is 10.1. The van der Waals surface area contributed by atoms with Gasteiger partial charge in [0.1, 0.15) is 6.61 Å². The molecular weight excluding hydrogens is 428 g/mol. The van der Waals surface area contributed by atoms with Crippen LogP contribution in [0.25, 0.3) is 16.6 Å². The van der Waals surface area contributed by atoms with Crippen LogP contribution in [-0.4, -0.2) is 63.7 Å². The summed E-state index contributed by atoms with van der Waals surface area (Å²) in [7, 11) is 1.63. The van der Waals surface area contributed by atoms with E-state index in [2.05, 4.69) is 15.1 Å². The van der Waals surface area contributed by atoms with E-state index in [1.54, 1.807) is 7.11 Å². The number of hydrogen-bond donors (Lipinski definition) is 0. The summed E-state index contributed by atoms with van der Waals surface area (Å²) in [5.74, 6) is 1.48. The first-order valence-electron chi connectivity index (χ1n) is 10.5. The first-order valence-corrected chi connectivity index (χ1v) is 10.9. The predicted octanol–water partition coefficient (Wildman–Crippen LogP) is 3.35. The third-order valence-corrected chi connectivity index (χ3v) is 6.08. The van der Waals surface area contributed by atoms with E-state index in [0.717, 1.165) is 28.0 Å². The van der Waals surface area contributed by atoms with Gasteiger partial charge in [-0.2, -0.15) is 0 Å². The fourth-order valence-electron chi connectivity index (χ4n) is 4.17. The van der Waals surface area contributed by atoms with E-state index in [1.165, 1.54) is 0 Å². The molecule has 3 heterocycles. The van der Waals surface area contributed by atoms with Crippen LogP contribution in [0, 0.1) is 6.92 Å². The highest BCUT2D eigenvalue weighted by atomic mass is 35.5. The van der Waals surface area contributed by atoms with Gasteiger partial charge in [-0.05, 0) is 36.8 Å². The number of halogens is 1. The van der Waals surface area contributed by atoms with Gasteiger partial charge in [0.05, 0.1) is 5.52 Å². The number of hydrogen-bond acceptors (Lipinski definition) is 6. The zero-order chi connectivity index (χ0) is 22.2. The molecule has 1 saturated heterocycles. The Morgan fingerprint density at radius 1 is 1.09 bits per heavy atom. The third-order valence-electron chi connectivity index (χ3n) is 5.85. The van der Waals surface area contributed by atoms with Gasteiger partial charge in [0, 0.05) is 49.3 Å². The molecule has 8 nitrogen and oxygen atoms in total. The second-order valence-corrected chi connectivity index (χ2v) is 8.31. The van der Waals surface area contributed by atoms with Crippen molar-refractivity contribution in [2.24, 2.45) is 0 Å². The molecule has 9 heteroatoms. The van der Waals surface area contributed by atoms with Crippen LogP contribution in [0.5, 0.6) is 0 Å². The van der Waals surface area contributed by atoms with Crippen molar-refractivity contribution >= 4 is 40.0 Å². The van der Waals surface area contributed by atoms with Crippen LogP contribution in [0.15, 0.2) is 42.5 Å². The molecule has 2 aromatic heterocycles. The topological polar surface area (TPSA) is 75.9 Å². The highest BCUT2D eigenvalue weighted by Gasteiger charge is 2.26. The van der Waals surface area contributed by atoms with Crippen molar-refractivity contribution in [3.05, 3.63) is 64.4 Å². The molecule has 0 radical (unpaired) electrons. The summed E-state index contributed by atoms with van der Waals surface area (Å²) < 4.78 is 7.28. The lowest BCUT2D eigenvalue weighted by Gasteiger charge is -2.36. The number of nitrogens with zero attached hydrogens (tertiary/aromatic N) is 6. The van der Waals surface area contributed by atoms with Gasteiger partial charge in [-0.1, -0.05) is 29.8 Å². The molecule has 0 unspecified atom stereocenters. The van der Waals surface area contributed by atoms with Crippen LogP contribution in [-0.2, 0) is 11.3 Å². The smallest absolute Gasteiger partial charge is 0.254 e. The van der Waals surface area contributed by atoms with Gasteiger partial charge in [-0.25, -0.2) is 9.38 Å². The number of carbonyl (C=O) groups excluding carboxylic acids is 1. The van der Waals surface area contributed by atoms with E-state index in [0.29, 0.717) is 49.3 Å². The standard InChI is InChI=1S/C23H23ClN6O2/c1-15-5-3-4-6-17(15)22(31)28-9-11-29(12-10-28)23-25-19-13-16(24)7-8-18(19)21-27-26-20(14-32-2)30(21)23/h3-8,13H,9-12,14H2,1-2H3. The van der Waals surface area contributed by atoms with Gasteiger partial charge in [-0.3, -0.25) is 4.79 Å². The fourth-order valence-corrected chi connectivity index (χ4v) is 4.34. The average Bonchev–Trinajstić information content (AvgIpc) is 3.22. The summed E-state index contributed by atoms with van der Waals surface area (Å²) >= 11 is 6.23. The normalized spacial score (nSPS) is 14.5. The monoisotopic (exact) mass is 450 g/mol. The van der Waals surface area contributed by atoms with Crippen LogP contribution in [0.4, 0.5) is 5.95 Å². The number of benzene rings is 2. The van der Waals surface area contributed by atoms with E-state index in [4.69, 9.17) is 21.3 Å². The molecule has 0 atom stereocenters. The molecular formula is C23H23ClN6O2. The Morgan fingerprint density at radius 2 is 1.88 bits per heavy atom. The zero-order valence-corrected chi connectivity index (χ0v) is 18.7. The molecule has 32 heavy (non-hydrogen) atoms. The molecule has 4 aromatic rings. The number of fused-ring (bicyclic) bond motifs is 3. The molecule has 164 valence electrons. The Hall–Kier alpha value is -3.23. The lowest BCUT2D eigenvalue weighted by Crippen LogP contribution is -2.49. The van der Waals surface area contributed by atoms with E-state index in [9.17, 15) is 4.79 Å². The molecule has 0 bridgehead atoms. The van der Waals surface area contributed by atoms with Crippen LogP contribution >= 0.6 is 11.6 Å². The van der Waals surface area contributed by atoms with Crippen molar-refractivity contribution in [3.8, 4) is 0 Å². The highest BCUT2D eigenvalue weighted by molar-refractivity contribution is 6.31. The molecule has 1 aliphatic rings.